The predicted molar refractivity (Wildman–Crippen MR) is 580 cm³/mol. The largest absolute Gasteiger partial charge is 0.469 e. The molecule has 786 valence electrons. The molecule has 0 aromatic carbocycles. The van der Waals surface area contributed by atoms with Crippen molar-refractivity contribution in [2.24, 2.45) is 47.3 Å². The molecule has 2 saturated carbocycles. The molecule has 26 heteroatoms. The fourth-order valence-electron chi connectivity index (χ4n) is 11.4. The predicted octanol–water partition coefficient (Wildman–Crippen LogP) is 29.9. The number of aliphatic hydroxyl groups excluding tert-OH is 2. The van der Waals surface area contributed by atoms with Crippen LogP contribution in [0.1, 0.15) is 415 Å². The number of nitrogens with zero attached hydrogens (tertiary/aromatic N) is 18. The Hall–Kier alpha value is -9.79. The number of halogens is 3. The molecule has 0 bridgehead atoms. The van der Waals surface area contributed by atoms with E-state index < -0.39 is 5.92 Å². The van der Waals surface area contributed by atoms with Gasteiger partial charge >= 0.3 is 0 Å². The first kappa shape index (κ1) is 133. The molecule has 0 amide bonds. The number of pyridine rings is 3. The quantitative estimate of drug-likeness (QED) is 0.0711. The average Bonchev–Trinajstić information content (AvgIpc) is 1.63. The first-order valence-electron chi connectivity index (χ1n) is 51.1. The van der Waals surface area contributed by atoms with Crippen LogP contribution in [0, 0.1) is 47.3 Å². The molecule has 4 aliphatic rings. The van der Waals surface area contributed by atoms with Crippen molar-refractivity contribution in [2.45, 2.75) is 383 Å². The van der Waals surface area contributed by atoms with E-state index in [0.29, 0.717) is 89.1 Å². The zero-order valence-electron chi connectivity index (χ0n) is 92.9. The topological polar surface area (TPSA) is 304 Å². The van der Waals surface area contributed by atoms with E-state index in [9.17, 15) is 8.78 Å². The van der Waals surface area contributed by atoms with E-state index in [2.05, 4.69) is 290 Å². The minimum Gasteiger partial charge on any atom is -0.469 e. The molecule has 0 spiro atoms. The highest BCUT2D eigenvalue weighted by Crippen LogP contribution is 2.52. The monoisotopic (exact) mass is 1970 g/mol. The highest BCUT2D eigenvalue weighted by atomic mass is 35.5. The molecule has 2 saturated heterocycles. The van der Waals surface area contributed by atoms with Gasteiger partial charge < -0.3 is 24.1 Å². The standard InChI is InChI=1S/3C8H11N.6C7H10N2.C7H14O.C7H10O.C6H10F2.C6H9N3.C6H12O.C6H14O.C6H12.C5H11ClO/c1-7(2)8-3-5-9-6-4-8;1-7(2)8-4-3-5-9-6-8;1-7(2)8-5-3-4-6-9-8;1-6(2)7-3-8-5-9-4-7;1-6(2)7-5-8-3-4-9-7;1-6(2)7-3-4-8-5-9-7;1-6(2)7-3-4-8-9-5-7;1-6(2)7-8-4-3-5-9-7;1-6(2)7-4-3-5-8-9-7;2*1-6(2)7-4-3-5-8-7;1-4(2)5-3-6(5,7)8;1-5(2)6-8-3-7-4-9-6;1-5(2)6-3-4-7-6;1-4-6(7)5(2)3;1-5(2)6-3-4-6;1-4(2)5(7)3-6/h3*3-7H,1-2H3;6*3-6H,1-2H3;6-7H,3-5H2,1-2H3;3-6H,1-2H3;4-5H,3H2,1-2H3;3-5H,1-2H3;5-6H,3-4H2,1-2H3;5-7H,4H2,1-3H3;5-6H,3-4H2,1-2H3;4-5,7H,3H2,1-2H3/t;;;;;;;;;;;;;;6-;;5-/m..............0.1/s1. The fourth-order valence-corrected chi connectivity index (χ4v) is 11.7. The summed E-state index contributed by atoms with van der Waals surface area (Å²) >= 11 is 5.30. The highest BCUT2D eigenvalue weighted by Gasteiger charge is 2.57. The number of hydrogen-bond donors (Lipinski definition) is 2. The van der Waals surface area contributed by atoms with Crippen LogP contribution in [0.2, 0.25) is 0 Å². The van der Waals surface area contributed by atoms with Gasteiger partial charge in [-0.05, 0) is 222 Å². The second-order valence-electron chi connectivity index (χ2n) is 40.2. The number of ether oxygens (including phenoxy) is 2. The summed E-state index contributed by atoms with van der Waals surface area (Å²) in [6.07, 6.45) is 45.0. The Balaban J connectivity index is 0. The second kappa shape index (κ2) is 80.6. The minimum atomic E-state index is -2.31. The average molecular weight is 1970 g/mol. The number of hydrogen-bond acceptors (Lipinski definition) is 23. The number of aliphatic hydroxyl groups is 2. The minimum absolute atomic E-state index is 0.0972. The summed E-state index contributed by atoms with van der Waals surface area (Å²) in [6, 6.07) is 27.7. The maximum Gasteiger partial charge on any atom is 0.251 e. The summed E-state index contributed by atoms with van der Waals surface area (Å²) in [7, 11) is 0. The lowest BCUT2D eigenvalue weighted by Gasteiger charge is -2.29. The zero-order valence-corrected chi connectivity index (χ0v) is 93.6. The van der Waals surface area contributed by atoms with Crippen molar-refractivity contribution in [3.05, 3.63) is 278 Å². The molecule has 141 heavy (non-hydrogen) atoms. The van der Waals surface area contributed by atoms with Crippen molar-refractivity contribution in [1.82, 2.24) is 90.2 Å². The van der Waals surface area contributed by atoms with Crippen molar-refractivity contribution in [3.63, 3.8) is 0 Å². The van der Waals surface area contributed by atoms with E-state index >= 15 is 0 Å². The lowest BCUT2D eigenvalue weighted by atomic mass is 10.0. The van der Waals surface area contributed by atoms with Gasteiger partial charge in [-0.1, -0.05) is 254 Å². The summed E-state index contributed by atoms with van der Waals surface area (Å²) in [5.41, 5.74) is 9.46. The van der Waals surface area contributed by atoms with Crippen LogP contribution in [-0.4, -0.2) is 150 Å². The normalized spacial score (nSPS) is 14.6. The third kappa shape index (κ3) is 70.5. The zero-order chi connectivity index (χ0) is 107. The Morgan fingerprint density at radius 1 is 0.340 bits per heavy atom. The van der Waals surface area contributed by atoms with Crippen LogP contribution in [-0.2, 0) is 9.47 Å². The summed E-state index contributed by atoms with van der Waals surface area (Å²) in [6.45, 7) is 75.6. The van der Waals surface area contributed by atoms with Crippen LogP contribution in [0.5, 0.6) is 0 Å². The molecular weight excluding hydrogens is 1790 g/mol. The molecule has 5 atom stereocenters. The molecule has 2 N–H and O–H groups in total. The number of furan rings is 1. The molecular formula is C115H185ClF2N18O5. The van der Waals surface area contributed by atoms with Gasteiger partial charge in [-0.15, -0.1) is 11.6 Å². The summed E-state index contributed by atoms with van der Waals surface area (Å²) in [4.78, 5) is 55.6. The summed E-state index contributed by atoms with van der Waals surface area (Å²) < 4.78 is 39.8. The van der Waals surface area contributed by atoms with Crippen LogP contribution in [0.3, 0.4) is 0 Å². The maximum atomic E-state index is 12.0. The van der Waals surface area contributed by atoms with Gasteiger partial charge in [0.15, 0.2) is 0 Å². The summed E-state index contributed by atoms with van der Waals surface area (Å²) in [5.74, 6) is 10.6. The third-order valence-electron chi connectivity index (χ3n) is 21.9. The molecule has 0 radical (unpaired) electrons. The van der Waals surface area contributed by atoms with Gasteiger partial charge in [-0.3, -0.25) is 24.9 Å². The van der Waals surface area contributed by atoms with Crippen molar-refractivity contribution < 1.29 is 32.9 Å². The van der Waals surface area contributed by atoms with Gasteiger partial charge in [0.1, 0.15) is 42.7 Å². The Morgan fingerprint density at radius 2 is 0.816 bits per heavy atom. The molecule has 3 unspecified atom stereocenters. The molecule has 23 nitrogen and oxygen atoms in total. The van der Waals surface area contributed by atoms with Gasteiger partial charge in [0.2, 0.25) is 0 Å². The Labute approximate surface area is 856 Å². The molecule has 4 fully saturated rings. The van der Waals surface area contributed by atoms with Crippen LogP contribution in [0.25, 0.3) is 0 Å². The van der Waals surface area contributed by atoms with Crippen molar-refractivity contribution in [1.29, 1.82) is 0 Å². The third-order valence-corrected chi connectivity index (χ3v) is 22.2. The summed E-state index contributed by atoms with van der Waals surface area (Å²) in [5, 5.41) is 32.9. The lowest BCUT2D eigenvalue weighted by Crippen LogP contribution is -2.31. The molecule has 11 aromatic rings. The number of alkyl halides is 3. The van der Waals surface area contributed by atoms with Crippen LogP contribution in [0.4, 0.5) is 8.78 Å². The molecule has 15 rings (SSSR count). The van der Waals surface area contributed by atoms with Crippen molar-refractivity contribution in [3.8, 4) is 0 Å². The number of rotatable bonds is 19. The van der Waals surface area contributed by atoms with Gasteiger partial charge in [0.25, 0.3) is 5.92 Å². The molecule has 13 heterocycles. The molecule has 2 aliphatic heterocycles. The Bertz CT molecular complexity index is 3770. The second-order valence-corrected chi connectivity index (χ2v) is 40.5. The Morgan fingerprint density at radius 3 is 1.06 bits per heavy atom. The van der Waals surface area contributed by atoms with Crippen LogP contribution in [0.15, 0.2) is 220 Å². The van der Waals surface area contributed by atoms with E-state index in [0.717, 1.165) is 83.5 Å². The lowest BCUT2D eigenvalue weighted by molar-refractivity contribution is -0.0763. The van der Waals surface area contributed by atoms with E-state index in [1.165, 1.54) is 67.0 Å². The maximum absolute atomic E-state index is 12.0. The van der Waals surface area contributed by atoms with Gasteiger partial charge in [-0.2, -0.15) is 20.4 Å². The SMILES string of the molecule is CC(C)C1CC1.CC(C)C1CC1(F)F.CC(C)C1CCCO1.CC(C)C1CCO1.CC(C)[C@H](O)CCl.CC(C)c1ccccn1.CC(C)c1cccnc1.CC(C)c1cccnn1.CC(C)c1ccco1.CC(C)c1ccncc1.CC(C)c1ccncn1.CC(C)c1ccnnc1.CC(C)c1cnccn1.CC(C)c1cncnc1.CC(C)c1ncccn1.CC(C)c1ncncn1.CC[C@H](O)C(C)C. The first-order valence-corrected chi connectivity index (χ1v) is 51.7. The van der Waals surface area contributed by atoms with Crippen LogP contribution >= 0.6 is 11.6 Å². The van der Waals surface area contributed by atoms with E-state index in [1.54, 1.807) is 80.9 Å². The van der Waals surface area contributed by atoms with Crippen molar-refractivity contribution >= 4 is 11.6 Å². The van der Waals surface area contributed by atoms with Crippen molar-refractivity contribution in [2.75, 3.05) is 19.1 Å². The first-order chi connectivity index (χ1) is 66.7. The molecule has 11 aromatic heterocycles. The van der Waals surface area contributed by atoms with Crippen LogP contribution < -0.4 is 0 Å². The van der Waals surface area contributed by atoms with Gasteiger partial charge in [0, 0.05) is 154 Å². The highest BCUT2D eigenvalue weighted by molar-refractivity contribution is 6.18. The van der Waals surface area contributed by atoms with E-state index in [-0.39, 0.29) is 36.4 Å². The van der Waals surface area contributed by atoms with Gasteiger partial charge in [0.05, 0.1) is 48.3 Å². The number of aromatic nitrogens is 18. The fraction of sp³-hybridized carbons (Fsp3) is 0.600. The smallest absolute Gasteiger partial charge is 0.251 e. The molecule has 2 aliphatic carbocycles. The van der Waals surface area contributed by atoms with Gasteiger partial charge in [-0.25, -0.2) is 53.6 Å². The Kier molecular flexibility index (Phi) is 76.2. The van der Waals surface area contributed by atoms with E-state index in [4.69, 9.17) is 35.7 Å². The van der Waals surface area contributed by atoms with E-state index in [1.807, 2.05) is 165 Å².